The van der Waals surface area contributed by atoms with E-state index in [9.17, 15) is 4.79 Å². The molecule has 1 aliphatic heterocycles. The summed E-state index contributed by atoms with van der Waals surface area (Å²) in [5.74, 6) is 0.785. The summed E-state index contributed by atoms with van der Waals surface area (Å²) in [7, 11) is 0. The molecule has 0 amide bonds. The lowest BCUT2D eigenvalue weighted by Gasteiger charge is -2.23. The summed E-state index contributed by atoms with van der Waals surface area (Å²) in [6.45, 7) is 0. The van der Waals surface area contributed by atoms with Crippen LogP contribution in [-0.4, -0.2) is 11.8 Å². The van der Waals surface area contributed by atoms with Crippen LogP contribution in [0.5, 0.6) is 0 Å². The molecule has 15 heavy (non-hydrogen) atoms. The fourth-order valence-electron chi connectivity index (χ4n) is 2.70. The van der Waals surface area contributed by atoms with E-state index in [1.807, 2.05) is 0 Å². The van der Waals surface area contributed by atoms with Crippen LogP contribution in [0.4, 0.5) is 5.69 Å². The van der Waals surface area contributed by atoms with Crippen LogP contribution < -0.4 is 5.32 Å². The highest BCUT2D eigenvalue weighted by Crippen LogP contribution is 2.43. The molecular formula is C12H12BrNO. The highest BCUT2D eigenvalue weighted by molar-refractivity contribution is 9.10. The molecule has 1 aliphatic carbocycles. The van der Waals surface area contributed by atoms with E-state index in [0.29, 0.717) is 11.7 Å². The maximum absolute atomic E-state index is 11.8. The monoisotopic (exact) mass is 265 g/mol. The van der Waals surface area contributed by atoms with Gasteiger partial charge in [-0.1, -0.05) is 22.0 Å². The summed E-state index contributed by atoms with van der Waals surface area (Å²) in [4.78, 5) is 11.8. The van der Waals surface area contributed by atoms with E-state index in [-0.39, 0.29) is 6.04 Å². The number of hydrogen-bond acceptors (Lipinski definition) is 2. The highest BCUT2D eigenvalue weighted by Gasteiger charge is 2.38. The maximum Gasteiger partial charge on any atom is 0.155 e. The third-order valence-corrected chi connectivity index (χ3v) is 3.91. The van der Waals surface area contributed by atoms with Crippen molar-refractivity contribution in [2.45, 2.75) is 31.2 Å². The van der Waals surface area contributed by atoms with Crippen LogP contribution in [0.15, 0.2) is 22.7 Å². The molecule has 2 aliphatic rings. The van der Waals surface area contributed by atoms with Crippen LogP contribution in [0, 0.1) is 0 Å². The SMILES string of the molecule is O=C1CCCC2c3ccc(Br)cc3NC12. The van der Waals surface area contributed by atoms with Gasteiger partial charge in [-0.05, 0) is 30.5 Å². The van der Waals surface area contributed by atoms with E-state index < -0.39 is 0 Å². The van der Waals surface area contributed by atoms with Crippen molar-refractivity contribution in [3.8, 4) is 0 Å². The fourth-order valence-corrected chi connectivity index (χ4v) is 3.06. The standard InChI is InChI=1S/C12H12BrNO/c13-7-4-5-8-9-2-1-3-11(15)12(9)14-10(8)6-7/h4-6,9,12,14H,1-3H2. The number of carbonyl (C=O) groups is 1. The summed E-state index contributed by atoms with van der Waals surface area (Å²) < 4.78 is 1.07. The molecule has 1 heterocycles. The van der Waals surface area contributed by atoms with E-state index in [1.165, 1.54) is 5.56 Å². The minimum absolute atomic E-state index is 0.0445. The second-order valence-corrected chi connectivity index (χ2v) is 5.23. The second-order valence-electron chi connectivity index (χ2n) is 4.32. The molecule has 0 aromatic heterocycles. The normalized spacial score (nSPS) is 28.2. The number of ketones is 1. The summed E-state index contributed by atoms with van der Waals surface area (Å²) in [5, 5.41) is 3.35. The summed E-state index contributed by atoms with van der Waals surface area (Å²) >= 11 is 3.45. The van der Waals surface area contributed by atoms with Crippen molar-refractivity contribution >= 4 is 27.4 Å². The molecule has 1 aromatic rings. The first-order valence-electron chi connectivity index (χ1n) is 5.34. The number of anilines is 1. The van der Waals surface area contributed by atoms with Gasteiger partial charge in [-0.25, -0.2) is 0 Å². The number of halogens is 1. The van der Waals surface area contributed by atoms with Gasteiger partial charge in [0.2, 0.25) is 0 Å². The molecule has 2 atom stereocenters. The molecule has 0 bridgehead atoms. The largest absolute Gasteiger partial charge is 0.374 e. The van der Waals surface area contributed by atoms with Crippen LogP contribution in [0.25, 0.3) is 0 Å². The molecular weight excluding hydrogens is 254 g/mol. The molecule has 1 N–H and O–H groups in total. The van der Waals surface area contributed by atoms with Crippen LogP contribution in [0.3, 0.4) is 0 Å². The Hall–Kier alpha value is -0.830. The number of fused-ring (bicyclic) bond motifs is 3. The molecule has 1 aromatic carbocycles. The van der Waals surface area contributed by atoms with E-state index in [0.717, 1.165) is 29.4 Å². The highest BCUT2D eigenvalue weighted by atomic mass is 79.9. The lowest BCUT2D eigenvalue weighted by Crippen LogP contribution is -2.33. The Balaban J connectivity index is 2.04. The molecule has 2 nitrogen and oxygen atoms in total. The molecule has 1 saturated carbocycles. The average Bonchev–Trinajstić information content (AvgIpc) is 2.57. The Kier molecular flexibility index (Phi) is 2.09. The van der Waals surface area contributed by atoms with Crippen LogP contribution in [0.1, 0.15) is 30.7 Å². The van der Waals surface area contributed by atoms with Crippen molar-refractivity contribution in [3.05, 3.63) is 28.2 Å². The zero-order valence-electron chi connectivity index (χ0n) is 8.29. The zero-order valence-corrected chi connectivity index (χ0v) is 9.88. The van der Waals surface area contributed by atoms with Gasteiger partial charge in [-0.3, -0.25) is 4.79 Å². The molecule has 0 radical (unpaired) electrons. The van der Waals surface area contributed by atoms with Gasteiger partial charge < -0.3 is 5.32 Å². The number of rotatable bonds is 0. The van der Waals surface area contributed by atoms with Gasteiger partial charge in [0.15, 0.2) is 5.78 Å². The van der Waals surface area contributed by atoms with Crippen LogP contribution >= 0.6 is 15.9 Å². The number of carbonyl (C=O) groups excluding carboxylic acids is 1. The predicted octanol–water partition coefficient (Wildman–Crippen LogP) is 3.08. The van der Waals surface area contributed by atoms with Crippen LogP contribution in [-0.2, 0) is 4.79 Å². The number of nitrogens with one attached hydrogen (secondary N) is 1. The topological polar surface area (TPSA) is 29.1 Å². The predicted molar refractivity (Wildman–Crippen MR) is 63.2 cm³/mol. The van der Waals surface area contributed by atoms with E-state index >= 15 is 0 Å². The average molecular weight is 266 g/mol. The van der Waals surface area contributed by atoms with Gasteiger partial charge in [-0.2, -0.15) is 0 Å². The van der Waals surface area contributed by atoms with E-state index in [4.69, 9.17) is 0 Å². The number of hydrogen-bond donors (Lipinski definition) is 1. The van der Waals surface area contributed by atoms with Gasteiger partial charge in [0.25, 0.3) is 0 Å². The van der Waals surface area contributed by atoms with E-state index in [2.05, 4.69) is 39.4 Å². The molecule has 3 heteroatoms. The van der Waals surface area contributed by atoms with Gasteiger partial charge in [0, 0.05) is 22.5 Å². The summed E-state index contributed by atoms with van der Waals surface area (Å²) in [5.41, 5.74) is 2.45. The van der Waals surface area contributed by atoms with Gasteiger partial charge >= 0.3 is 0 Å². The first-order valence-corrected chi connectivity index (χ1v) is 6.14. The van der Waals surface area contributed by atoms with Crippen molar-refractivity contribution in [2.24, 2.45) is 0 Å². The molecule has 3 rings (SSSR count). The zero-order chi connectivity index (χ0) is 10.4. The van der Waals surface area contributed by atoms with Crippen LogP contribution in [0.2, 0.25) is 0 Å². The minimum atomic E-state index is 0.0445. The third kappa shape index (κ3) is 1.41. The van der Waals surface area contributed by atoms with Gasteiger partial charge in [0.05, 0.1) is 6.04 Å². The van der Waals surface area contributed by atoms with Crippen molar-refractivity contribution in [2.75, 3.05) is 5.32 Å². The first kappa shape index (κ1) is 9.40. The van der Waals surface area contributed by atoms with Gasteiger partial charge in [-0.15, -0.1) is 0 Å². The third-order valence-electron chi connectivity index (χ3n) is 3.41. The quantitative estimate of drug-likeness (QED) is 0.781. The summed E-state index contributed by atoms with van der Waals surface area (Å²) in [6, 6.07) is 6.31. The fraction of sp³-hybridized carbons (Fsp3) is 0.417. The lowest BCUT2D eigenvalue weighted by atomic mass is 9.82. The Morgan fingerprint density at radius 3 is 3.13 bits per heavy atom. The molecule has 0 spiro atoms. The molecule has 2 unspecified atom stereocenters. The Morgan fingerprint density at radius 2 is 2.27 bits per heavy atom. The van der Waals surface area contributed by atoms with E-state index in [1.54, 1.807) is 0 Å². The lowest BCUT2D eigenvalue weighted by molar-refractivity contribution is -0.121. The maximum atomic E-state index is 11.8. The number of Topliss-reactive ketones (excluding diaryl/α,β-unsaturated/α-hetero) is 1. The van der Waals surface area contributed by atoms with Crippen molar-refractivity contribution in [1.82, 2.24) is 0 Å². The summed E-state index contributed by atoms with van der Waals surface area (Å²) in [6.07, 6.45) is 2.92. The minimum Gasteiger partial charge on any atom is -0.374 e. The first-order chi connectivity index (χ1) is 7.25. The van der Waals surface area contributed by atoms with Crippen molar-refractivity contribution in [1.29, 1.82) is 0 Å². The molecule has 1 fully saturated rings. The Labute approximate surface area is 97.2 Å². The Bertz CT molecular complexity index is 430. The van der Waals surface area contributed by atoms with Gasteiger partial charge in [0.1, 0.15) is 0 Å². The van der Waals surface area contributed by atoms with Crippen molar-refractivity contribution in [3.63, 3.8) is 0 Å². The second kappa shape index (κ2) is 3.34. The van der Waals surface area contributed by atoms with Crippen molar-refractivity contribution < 1.29 is 4.79 Å². The number of benzene rings is 1. The molecule has 78 valence electrons. The smallest absolute Gasteiger partial charge is 0.155 e. The Morgan fingerprint density at radius 1 is 1.40 bits per heavy atom. The molecule has 0 saturated heterocycles.